The molecule has 0 fully saturated rings. The largest absolute Gasteiger partial charge is 0.345 e. The first-order valence-electron chi connectivity index (χ1n) is 8.59. The number of rotatable bonds is 1. The molecule has 2 N–H and O–H groups in total. The van der Waals surface area contributed by atoms with Crippen molar-refractivity contribution in [1.29, 1.82) is 0 Å². The van der Waals surface area contributed by atoms with Crippen LogP contribution < -0.4 is 0 Å². The van der Waals surface area contributed by atoms with Crippen LogP contribution in [0.25, 0.3) is 55.1 Å². The summed E-state index contributed by atoms with van der Waals surface area (Å²) in [4.78, 5) is 20.7. The monoisotopic (exact) mass is 369 g/mol. The molecule has 0 unspecified atom stereocenters. The summed E-state index contributed by atoms with van der Waals surface area (Å²) in [6.07, 6.45) is 3.57. The van der Waals surface area contributed by atoms with Crippen LogP contribution in [0.1, 0.15) is 0 Å². The summed E-state index contributed by atoms with van der Waals surface area (Å²) in [5.74, 6) is 0.731. The van der Waals surface area contributed by atoms with E-state index in [1.807, 2.05) is 48.5 Å². The van der Waals surface area contributed by atoms with E-state index in [9.17, 15) is 0 Å². The van der Waals surface area contributed by atoms with E-state index in [1.54, 1.807) is 12.4 Å². The van der Waals surface area contributed by atoms with Crippen LogP contribution in [0.15, 0.2) is 60.9 Å². The lowest BCUT2D eigenvalue weighted by molar-refractivity contribution is 1.34. The maximum atomic E-state index is 6.53. The van der Waals surface area contributed by atoms with Crippen molar-refractivity contribution in [3.63, 3.8) is 0 Å². The summed E-state index contributed by atoms with van der Waals surface area (Å²) in [6, 6.07) is 15.9. The smallest absolute Gasteiger partial charge is 0.142 e. The van der Waals surface area contributed by atoms with Crippen LogP contribution in [0.3, 0.4) is 0 Å². The van der Waals surface area contributed by atoms with Crippen molar-refractivity contribution >= 4 is 55.3 Å². The molecule has 0 aliphatic rings. The number of pyridine rings is 2. The van der Waals surface area contributed by atoms with Crippen molar-refractivity contribution < 1.29 is 0 Å². The van der Waals surface area contributed by atoms with Gasteiger partial charge in [0.05, 0.1) is 27.6 Å². The lowest BCUT2D eigenvalue weighted by atomic mass is 10.1. The SMILES string of the molecule is Clc1[nH]c2ccccc2c1-c1nc2c3cccnc3c3ncccc3c2[nH]1. The van der Waals surface area contributed by atoms with E-state index >= 15 is 0 Å². The minimum atomic E-state index is 0.570. The molecule has 27 heavy (non-hydrogen) atoms. The fraction of sp³-hybridized carbons (Fsp3) is 0. The quantitative estimate of drug-likeness (QED) is 0.378. The van der Waals surface area contributed by atoms with Crippen LogP contribution in [-0.4, -0.2) is 24.9 Å². The molecule has 0 bridgehead atoms. The van der Waals surface area contributed by atoms with Crippen molar-refractivity contribution in [3.8, 4) is 11.4 Å². The summed E-state index contributed by atoms with van der Waals surface area (Å²) in [7, 11) is 0. The van der Waals surface area contributed by atoms with E-state index in [-0.39, 0.29) is 0 Å². The number of imidazole rings is 1. The van der Waals surface area contributed by atoms with E-state index in [0.717, 1.165) is 55.1 Å². The van der Waals surface area contributed by atoms with Crippen molar-refractivity contribution in [1.82, 2.24) is 24.9 Å². The Labute approximate surface area is 158 Å². The van der Waals surface area contributed by atoms with Gasteiger partial charge in [0.1, 0.15) is 11.0 Å². The molecule has 6 heteroatoms. The molecule has 128 valence electrons. The average molecular weight is 370 g/mol. The number of fused-ring (bicyclic) bond motifs is 7. The number of nitrogens with zero attached hydrogens (tertiary/aromatic N) is 3. The predicted molar refractivity (Wildman–Crippen MR) is 109 cm³/mol. The number of aromatic nitrogens is 5. The minimum Gasteiger partial charge on any atom is -0.345 e. The number of aromatic amines is 2. The Morgan fingerprint density at radius 3 is 2.26 bits per heavy atom. The van der Waals surface area contributed by atoms with Crippen LogP contribution in [0.4, 0.5) is 0 Å². The third-order valence-electron chi connectivity index (χ3n) is 4.97. The van der Waals surface area contributed by atoms with Gasteiger partial charge in [-0.05, 0) is 30.3 Å². The number of halogens is 1. The fourth-order valence-corrected chi connectivity index (χ4v) is 4.10. The molecule has 0 aliphatic heterocycles. The maximum Gasteiger partial charge on any atom is 0.142 e. The summed E-state index contributed by atoms with van der Waals surface area (Å²) in [5, 5.41) is 3.57. The van der Waals surface area contributed by atoms with E-state index in [4.69, 9.17) is 16.6 Å². The van der Waals surface area contributed by atoms with E-state index in [2.05, 4.69) is 19.9 Å². The Hall–Kier alpha value is -3.44. The zero-order valence-corrected chi connectivity index (χ0v) is 14.7. The molecule has 4 heterocycles. The molecule has 5 nitrogen and oxygen atoms in total. The van der Waals surface area contributed by atoms with Gasteiger partial charge in [-0.2, -0.15) is 0 Å². The molecule has 4 aromatic heterocycles. The molecule has 6 aromatic rings. The number of benzene rings is 2. The number of hydrogen-bond donors (Lipinski definition) is 2. The highest BCUT2D eigenvalue weighted by atomic mass is 35.5. The standard InChI is InChI=1S/C21H12ClN5/c22-20-15(11-5-1-2-8-14(11)25-20)21-26-18-12-6-3-9-23-16(12)17-13(19(18)27-21)7-4-10-24-17/h1-10,25H,(H,26,27). The first-order chi connectivity index (χ1) is 13.3. The van der Waals surface area contributed by atoms with Crippen molar-refractivity contribution in [3.05, 3.63) is 66.1 Å². The summed E-state index contributed by atoms with van der Waals surface area (Å²) < 4.78 is 0. The van der Waals surface area contributed by atoms with E-state index in [1.165, 1.54) is 0 Å². The zero-order chi connectivity index (χ0) is 18.0. The topological polar surface area (TPSA) is 70.2 Å². The molecule has 0 atom stereocenters. The van der Waals surface area contributed by atoms with Crippen molar-refractivity contribution in [2.45, 2.75) is 0 Å². The van der Waals surface area contributed by atoms with Gasteiger partial charge in [0, 0.05) is 34.1 Å². The number of hydrogen-bond acceptors (Lipinski definition) is 3. The van der Waals surface area contributed by atoms with Crippen LogP contribution in [-0.2, 0) is 0 Å². The molecular formula is C21H12ClN5. The van der Waals surface area contributed by atoms with Gasteiger partial charge in [-0.3, -0.25) is 9.97 Å². The Morgan fingerprint density at radius 1 is 0.704 bits per heavy atom. The molecule has 0 spiro atoms. The highest BCUT2D eigenvalue weighted by molar-refractivity contribution is 6.34. The molecule has 0 saturated carbocycles. The van der Waals surface area contributed by atoms with E-state index < -0.39 is 0 Å². The zero-order valence-electron chi connectivity index (χ0n) is 14.0. The minimum absolute atomic E-state index is 0.570. The van der Waals surface area contributed by atoms with Gasteiger partial charge in [-0.25, -0.2) is 4.98 Å². The Kier molecular flexibility index (Phi) is 2.88. The number of para-hydroxylation sites is 1. The van der Waals surface area contributed by atoms with Crippen LogP contribution in [0, 0.1) is 0 Å². The average Bonchev–Trinajstić information content (AvgIpc) is 3.28. The molecular weight excluding hydrogens is 358 g/mol. The third kappa shape index (κ3) is 1.97. The number of H-pyrrole nitrogens is 2. The second-order valence-corrected chi connectivity index (χ2v) is 6.85. The van der Waals surface area contributed by atoms with Gasteiger partial charge in [0.2, 0.25) is 0 Å². The van der Waals surface area contributed by atoms with Gasteiger partial charge in [0.15, 0.2) is 0 Å². The Balaban J connectivity index is 1.80. The van der Waals surface area contributed by atoms with Gasteiger partial charge in [-0.15, -0.1) is 0 Å². The second-order valence-electron chi connectivity index (χ2n) is 6.47. The van der Waals surface area contributed by atoms with Gasteiger partial charge < -0.3 is 9.97 Å². The second kappa shape index (κ2) is 5.28. The summed E-state index contributed by atoms with van der Waals surface area (Å²) in [5.41, 5.74) is 5.38. The van der Waals surface area contributed by atoms with Gasteiger partial charge >= 0.3 is 0 Å². The van der Waals surface area contributed by atoms with Crippen LogP contribution in [0.2, 0.25) is 5.15 Å². The molecule has 0 aliphatic carbocycles. The first-order valence-corrected chi connectivity index (χ1v) is 8.97. The van der Waals surface area contributed by atoms with Gasteiger partial charge in [-0.1, -0.05) is 29.8 Å². The molecule has 2 aromatic carbocycles. The lowest BCUT2D eigenvalue weighted by Gasteiger charge is -2.03. The molecule has 6 rings (SSSR count). The highest BCUT2D eigenvalue weighted by Crippen LogP contribution is 2.37. The first kappa shape index (κ1) is 14.7. The predicted octanol–water partition coefficient (Wildman–Crippen LogP) is 5.46. The van der Waals surface area contributed by atoms with Crippen molar-refractivity contribution in [2.24, 2.45) is 0 Å². The highest BCUT2D eigenvalue weighted by Gasteiger charge is 2.19. The molecule has 0 saturated heterocycles. The lowest BCUT2D eigenvalue weighted by Crippen LogP contribution is -1.86. The Morgan fingerprint density at radius 2 is 1.41 bits per heavy atom. The fourth-order valence-electron chi connectivity index (χ4n) is 3.80. The van der Waals surface area contributed by atoms with Crippen LogP contribution in [0.5, 0.6) is 0 Å². The normalized spacial score (nSPS) is 11.9. The maximum absolute atomic E-state index is 6.53. The summed E-state index contributed by atoms with van der Waals surface area (Å²) >= 11 is 6.53. The van der Waals surface area contributed by atoms with E-state index in [0.29, 0.717) is 5.15 Å². The molecule has 0 amide bonds. The van der Waals surface area contributed by atoms with Gasteiger partial charge in [0.25, 0.3) is 0 Å². The van der Waals surface area contributed by atoms with Crippen LogP contribution >= 0.6 is 11.6 Å². The summed E-state index contributed by atoms with van der Waals surface area (Å²) in [6.45, 7) is 0. The van der Waals surface area contributed by atoms with Crippen molar-refractivity contribution in [2.75, 3.05) is 0 Å². The number of nitrogens with one attached hydrogen (secondary N) is 2. The third-order valence-corrected chi connectivity index (χ3v) is 5.25. The molecule has 0 radical (unpaired) electrons. The Bertz CT molecular complexity index is 1420.